The molecule has 1 heterocycles. The lowest BCUT2D eigenvalue weighted by Gasteiger charge is -2.27. The first kappa shape index (κ1) is 19.0. The highest BCUT2D eigenvalue weighted by molar-refractivity contribution is 8.00. The molecule has 0 atom stereocenters. The fraction of sp³-hybridized carbons (Fsp3) is 0.286. The lowest BCUT2D eigenvalue weighted by Crippen LogP contribution is -2.35. The molecule has 1 aliphatic heterocycles. The van der Waals surface area contributed by atoms with Gasteiger partial charge in [0.05, 0.1) is 22.9 Å². The third-order valence-corrected chi connectivity index (χ3v) is 5.47. The third-order valence-electron chi connectivity index (χ3n) is 4.39. The minimum atomic E-state index is -0.171. The van der Waals surface area contributed by atoms with Crippen LogP contribution in [0, 0.1) is 11.3 Å². The highest BCUT2D eigenvalue weighted by Gasteiger charge is 2.21. The number of benzene rings is 2. The molecule has 1 fully saturated rings. The summed E-state index contributed by atoms with van der Waals surface area (Å²) >= 11 is 1.35. The molecule has 1 saturated heterocycles. The molecule has 2 aromatic rings. The normalized spacial score (nSPS) is 13.7. The van der Waals surface area contributed by atoms with Crippen LogP contribution in [0.5, 0.6) is 0 Å². The molecule has 1 aliphatic rings. The number of nitriles is 1. The molecule has 3 rings (SSSR count). The van der Waals surface area contributed by atoms with Gasteiger partial charge in [-0.2, -0.15) is 5.26 Å². The number of piperidine rings is 1. The number of carbonyl (C=O) groups excluding carboxylic acids is 2. The van der Waals surface area contributed by atoms with Crippen LogP contribution in [0.1, 0.15) is 35.2 Å². The molecule has 138 valence electrons. The molecule has 0 radical (unpaired) electrons. The van der Waals surface area contributed by atoms with Gasteiger partial charge in [0.25, 0.3) is 5.91 Å². The minimum absolute atomic E-state index is 0.0416. The van der Waals surface area contributed by atoms with E-state index in [-0.39, 0.29) is 17.6 Å². The van der Waals surface area contributed by atoms with Crippen molar-refractivity contribution in [3.8, 4) is 6.07 Å². The fourth-order valence-corrected chi connectivity index (χ4v) is 3.89. The average molecular weight is 379 g/mol. The highest BCUT2D eigenvalue weighted by Crippen LogP contribution is 2.25. The summed E-state index contributed by atoms with van der Waals surface area (Å²) in [6.45, 7) is 1.60. The van der Waals surface area contributed by atoms with Crippen LogP contribution in [0.2, 0.25) is 0 Å². The Balaban J connectivity index is 1.63. The molecule has 2 aromatic carbocycles. The summed E-state index contributed by atoms with van der Waals surface area (Å²) in [5.41, 5.74) is 1.75. The van der Waals surface area contributed by atoms with Crippen molar-refractivity contribution in [1.29, 1.82) is 5.26 Å². The zero-order chi connectivity index (χ0) is 19.1. The molecule has 0 saturated carbocycles. The van der Waals surface area contributed by atoms with Crippen molar-refractivity contribution in [2.24, 2.45) is 0 Å². The van der Waals surface area contributed by atoms with Gasteiger partial charge in [0.1, 0.15) is 0 Å². The Hall–Kier alpha value is -2.78. The molecule has 0 spiro atoms. The lowest BCUT2D eigenvalue weighted by molar-refractivity contribution is -0.113. The molecular weight excluding hydrogens is 358 g/mol. The molecule has 0 unspecified atom stereocenters. The Morgan fingerprint density at radius 2 is 1.85 bits per heavy atom. The summed E-state index contributed by atoms with van der Waals surface area (Å²) in [4.78, 5) is 27.8. The van der Waals surface area contributed by atoms with E-state index in [1.807, 2.05) is 29.2 Å². The number of likely N-dealkylation sites (tertiary alicyclic amines) is 1. The van der Waals surface area contributed by atoms with Gasteiger partial charge in [-0.15, -0.1) is 11.8 Å². The topological polar surface area (TPSA) is 73.2 Å². The molecule has 1 N–H and O–H groups in total. The zero-order valence-corrected chi connectivity index (χ0v) is 15.8. The number of hydrogen-bond acceptors (Lipinski definition) is 4. The van der Waals surface area contributed by atoms with Crippen molar-refractivity contribution < 1.29 is 9.59 Å². The Morgan fingerprint density at radius 1 is 1.07 bits per heavy atom. The molecule has 27 heavy (non-hydrogen) atoms. The van der Waals surface area contributed by atoms with Crippen molar-refractivity contribution in [3.63, 3.8) is 0 Å². The summed E-state index contributed by atoms with van der Waals surface area (Å²) in [5, 5.41) is 11.7. The predicted molar refractivity (Wildman–Crippen MR) is 107 cm³/mol. The van der Waals surface area contributed by atoms with Crippen LogP contribution in [0.15, 0.2) is 53.4 Å². The van der Waals surface area contributed by atoms with Gasteiger partial charge in [0.15, 0.2) is 0 Å². The number of hydrogen-bond donors (Lipinski definition) is 1. The standard InChI is InChI=1S/C21H21N3O2S/c22-14-16-7-6-8-17(13-16)23-20(25)15-27-19-10-3-2-9-18(19)21(26)24-11-4-1-5-12-24/h2-3,6-10,13H,1,4-5,11-12,15H2,(H,23,25). The second-order valence-corrected chi connectivity index (χ2v) is 7.40. The fourth-order valence-electron chi connectivity index (χ4n) is 3.04. The van der Waals surface area contributed by atoms with Crippen molar-refractivity contribution in [2.45, 2.75) is 24.2 Å². The van der Waals surface area contributed by atoms with E-state index in [9.17, 15) is 9.59 Å². The Labute approximate surface area is 163 Å². The first-order chi connectivity index (χ1) is 13.2. The van der Waals surface area contributed by atoms with Gasteiger partial charge < -0.3 is 10.2 Å². The summed E-state index contributed by atoms with van der Waals surface area (Å²) < 4.78 is 0. The van der Waals surface area contributed by atoms with Crippen molar-refractivity contribution in [1.82, 2.24) is 4.90 Å². The molecular formula is C21H21N3O2S. The van der Waals surface area contributed by atoms with Gasteiger partial charge in [0.2, 0.25) is 5.91 Å². The third kappa shape index (κ3) is 5.11. The van der Waals surface area contributed by atoms with Crippen LogP contribution in [0.25, 0.3) is 0 Å². The summed E-state index contributed by atoms with van der Waals surface area (Å²) in [5.74, 6) is 0.0661. The van der Waals surface area contributed by atoms with E-state index in [1.54, 1.807) is 24.3 Å². The number of nitrogens with zero attached hydrogens (tertiary/aromatic N) is 2. The van der Waals surface area contributed by atoms with E-state index < -0.39 is 0 Å². The largest absolute Gasteiger partial charge is 0.339 e. The Kier molecular flexibility index (Phi) is 6.50. The number of amides is 2. The SMILES string of the molecule is N#Cc1cccc(NC(=O)CSc2ccccc2C(=O)N2CCCCC2)c1. The Morgan fingerprint density at radius 3 is 2.63 bits per heavy atom. The maximum atomic E-state index is 12.8. The van der Waals surface area contributed by atoms with E-state index in [1.165, 1.54) is 18.2 Å². The molecule has 0 aliphatic carbocycles. The molecule has 2 amide bonds. The van der Waals surface area contributed by atoms with Gasteiger partial charge in [-0.25, -0.2) is 0 Å². The second-order valence-electron chi connectivity index (χ2n) is 6.38. The van der Waals surface area contributed by atoms with E-state index in [0.29, 0.717) is 16.8 Å². The molecule has 0 aromatic heterocycles. The van der Waals surface area contributed by atoms with Crippen LogP contribution < -0.4 is 5.32 Å². The van der Waals surface area contributed by atoms with Crippen LogP contribution in [0.3, 0.4) is 0 Å². The van der Waals surface area contributed by atoms with Crippen molar-refractivity contribution in [3.05, 3.63) is 59.7 Å². The van der Waals surface area contributed by atoms with Gasteiger partial charge in [-0.3, -0.25) is 9.59 Å². The number of rotatable bonds is 5. The molecule has 0 bridgehead atoms. The Bertz CT molecular complexity index is 870. The van der Waals surface area contributed by atoms with Gasteiger partial charge in [-0.1, -0.05) is 18.2 Å². The highest BCUT2D eigenvalue weighted by atomic mass is 32.2. The maximum Gasteiger partial charge on any atom is 0.254 e. The lowest BCUT2D eigenvalue weighted by atomic mass is 10.1. The minimum Gasteiger partial charge on any atom is -0.339 e. The maximum absolute atomic E-state index is 12.8. The van der Waals surface area contributed by atoms with E-state index in [0.717, 1.165) is 30.8 Å². The predicted octanol–water partition coefficient (Wildman–Crippen LogP) is 3.92. The van der Waals surface area contributed by atoms with E-state index >= 15 is 0 Å². The van der Waals surface area contributed by atoms with Crippen molar-refractivity contribution >= 4 is 29.3 Å². The number of anilines is 1. The number of thioether (sulfide) groups is 1. The van der Waals surface area contributed by atoms with Crippen LogP contribution in [-0.2, 0) is 4.79 Å². The summed E-state index contributed by atoms with van der Waals surface area (Å²) in [6.07, 6.45) is 3.27. The van der Waals surface area contributed by atoms with Crippen LogP contribution in [-0.4, -0.2) is 35.6 Å². The van der Waals surface area contributed by atoms with Gasteiger partial charge in [0, 0.05) is 23.7 Å². The smallest absolute Gasteiger partial charge is 0.254 e. The first-order valence-electron chi connectivity index (χ1n) is 8.98. The van der Waals surface area contributed by atoms with E-state index in [2.05, 4.69) is 11.4 Å². The quantitative estimate of drug-likeness (QED) is 0.799. The van der Waals surface area contributed by atoms with E-state index in [4.69, 9.17) is 5.26 Å². The van der Waals surface area contributed by atoms with Gasteiger partial charge in [-0.05, 0) is 49.6 Å². The number of carbonyl (C=O) groups is 2. The monoisotopic (exact) mass is 379 g/mol. The summed E-state index contributed by atoms with van der Waals surface area (Å²) in [7, 11) is 0. The first-order valence-corrected chi connectivity index (χ1v) is 9.97. The average Bonchev–Trinajstić information content (AvgIpc) is 2.72. The molecule has 5 nitrogen and oxygen atoms in total. The molecule has 6 heteroatoms. The zero-order valence-electron chi connectivity index (χ0n) is 15.0. The van der Waals surface area contributed by atoms with Gasteiger partial charge >= 0.3 is 0 Å². The van der Waals surface area contributed by atoms with Crippen molar-refractivity contribution in [2.75, 3.05) is 24.2 Å². The number of nitrogens with one attached hydrogen (secondary N) is 1. The van der Waals surface area contributed by atoms with Crippen LogP contribution in [0.4, 0.5) is 5.69 Å². The second kappa shape index (κ2) is 9.24. The van der Waals surface area contributed by atoms with Crippen LogP contribution >= 0.6 is 11.8 Å². The summed E-state index contributed by atoms with van der Waals surface area (Å²) in [6, 6.07) is 16.3.